The molecule has 1 aliphatic heterocycles. The van der Waals surface area contributed by atoms with Crippen LogP contribution in [0.4, 0.5) is 16.2 Å². The molecule has 0 bridgehead atoms. The second kappa shape index (κ2) is 8.35. The van der Waals surface area contributed by atoms with Gasteiger partial charge in [-0.25, -0.2) is 9.78 Å². The number of piperazine rings is 1. The van der Waals surface area contributed by atoms with E-state index in [1.165, 1.54) is 12.1 Å². The molecular weight excluding hydrogens is 350 g/mol. The van der Waals surface area contributed by atoms with Crippen molar-refractivity contribution < 1.29 is 14.5 Å². The molecule has 142 valence electrons. The second-order valence-electron chi connectivity index (χ2n) is 6.12. The number of ether oxygens (including phenoxy) is 1. The summed E-state index contributed by atoms with van der Waals surface area (Å²) in [5.74, 6) is 0.535. The van der Waals surface area contributed by atoms with E-state index >= 15 is 0 Å². The molecule has 1 aliphatic rings. The topological polar surface area (TPSA) is 101 Å². The van der Waals surface area contributed by atoms with E-state index in [9.17, 15) is 14.9 Å². The zero-order chi connectivity index (χ0) is 19.2. The Balaban J connectivity index is 1.47. The van der Waals surface area contributed by atoms with Crippen molar-refractivity contribution in [2.75, 3.05) is 38.2 Å². The molecule has 0 saturated carbocycles. The van der Waals surface area contributed by atoms with E-state index in [4.69, 9.17) is 4.74 Å². The number of carbonyl (C=O) groups excluding carboxylic acids is 1. The van der Waals surface area contributed by atoms with Gasteiger partial charge in [0.05, 0.1) is 12.0 Å². The summed E-state index contributed by atoms with van der Waals surface area (Å²) in [5, 5.41) is 13.6. The third kappa shape index (κ3) is 4.63. The number of nitro benzene ring substituents is 1. The van der Waals surface area contributed by atoms with Gasteiger partial charge in [-0.15, -0.1) is 0 Å². The first-order valence-corrected chi connectivity index (χ1v) is 8.58. The maximum Gasteiger partial charge on any atom is 0.317 e. The van der Waals surface area contributed by atoms with Crippen molar-refractivity contribution in [2.24, 2.45) is 0 Å². The van der Waals surface area contributed by atoms with Gasteiger partial charge in [0.1, 0.15) is 0 Å². The number of pyridine rings is 1. The van der Waals surface area contributed by atoms with Crippen LogP contribution in [0.1, 0.15) is 5.56 Å². The maximum atomic E-state index is 12.3. The van der Waals surface area contributed by atoms with Crippen LogP contribution in [0.3, 0.4) is 0 Å². The number of amides is 2. The summed E-state index contributed by atoms with van der Waals surface area (Å²) in [6.07, 6.45) is 1.67. The van der Waals surface area contributed by atoms with Gasteiger partial charge in [0.25, 0.3) is 5.69 Å². The average molecular weight is 371 g/mol. The number of non-ortho nitro benzene ring substituents is 1. The van der Waals surface area contributed by atoms with Gasteiger partial charge in [-0.3, -0.25) is 10.1 Å². The molecule has 2 heterocycles. The quantitative estimate of drug-likeness (QED) is 0.637. The number of nitrogens with one attached hydrogen (secondary N) is 1. The van der Waals surface area contributed by atoms with Crippen molar-refractivity contribution in [1.29, 1.82) is 0 Å². The number of urea groups is 1. The highest BCUT2D eigenvalue weighted by Gasteiger charge is 2.21. The first kappa shape index (κ1) is 18.4. The largest absolute Gasteiger partial charge is 0.481 e. The van der Waals surface area contributed by atoms with E-state index in [1.54, 1.807) is 36.4 Å². The van der Waals surface area contributed by atoms with Gasteiger partial charge in [0, 0.05) is 62.8 Å². The van der Waals surface area contributed by atoms with Crippen LogP contribution in [0.15, 0.2) is 42.6 Å². The number of carbonyl (C=O) groups is 1. The molecule has 27 heavy (non-hydrogen) atoms. The molecule has 0 spiro atoms. The number of hydrogen-bond donors (Lipinski definition) is 1. The number of anilines is 1. The van der Waals surface area contributed by atoms with Crippen molar-refractivity contribution in [2.45, 2.75) is 6.54 Å². The molecule has 0 aliphatic carbocycles. The van der Waals surface area contributed by atoms with Gasteiger partial charge < -0.3 is 19.9 Å². The highest BCUT2D eigenvalue weighted by atomic mass is 16.6. The number of nitrogens with zero attached hydrogens (tertiary/aromatic N) is 4. The summed E-state index contributed by atoms with van der Waals surface area (Å²) < 4.78 is 5.01. The molecule has 0 unspecified atom stereocenters. The van der Waals surface area contributed by atoms with Gasteiger partial charge in [0.15, 0.2) is 0 Å². The molecule has 1 aromatic heterocycles. The monoisotopic (exact) mass is 371 g/mol. The predicted octanol–water partition coefficient (Wildman–Crippen LogP) is 2.03. The van der Waals surface area contributed by atoms with Crippen molar-refractivity contribution in [1.82, 2.24) is 15.2 Å². The molecule has 9 nitrogen and oxygen atoms in total. The van der Waals surface area contributed by atoms with Crippen LogP contribution in [0, 0.1) is 10.1 Å². The zero-order valence-electron chi connectivity index (χ0n) is 15.0. The molecule has 1 saturated heterocycles. The van der Waals surface area contributed by atoms with Gasteiger partial charge in [-0.2, -0.15) is 0 Å². The van der Waals surface area contributed by atoms with E-state index in [1.807, 2.05) is 6.07 Å². The van der Waals surface area contributed by atoms with Gasteiger partial charge in [-0.1, -0.05) is 6.07 Å². The Morgan fingerprint density at radius 2 is 1.89 bits per heavy atom. The Morgan fingerprint density at radius 3 is 2.44 bits per heavy atom. The normalized spacial score (nSPS) is 14.0. The van der Waals surface area contributed by atoms with E-state index < -0.39 is 4.92 Å². The highest BCUT2D eigenvalue weighted by molar-refractivity contribution is 5.74. The summed E-state index contributed by atoms with van der Waals surface area (Å²) in [6, 6.07) is 9.97. The van der Waals surface area contributed by atoms with E-state index in [2.05, 4.69) is 15.2 Å². The van der Waals surface area contributed by atoms with E-state index in [0.29, 0.717) is 38.6 Å². The van der Waals surface area contributed by atoms with Crippen molar-refractivity contribution in [3.63, 3.8) is 0 Å². The average Bonchev–Trinajstić information content (AvgIpc) is 2.72. The zero-order valence-corrected chi connectivity index (χ0v) is 15.0. The van der Waals surface area contributed by atoms with E-state index in [0.717, 1.165) is 11.3 Å². The summed E-state index contributed by atoms with van der Waals surface area (Å²) in [7, 11) is 1.56. The summed E-state index contributed by atoms with van der Waals surface area (Å²) in [4.78, 5) is 30.6. The van der Waals surface area contributed by atoms with Crippen molar-refractivity contribution >= 4 is 17.4 Å². The van der Waals surface area contributed by atoms with Crippen molar-refractivity contribution in [3.8, 4) is 5.88 Å². The lowest BCUT2D eigenvalue weighted by atomic mass is 10.2. The Labute approximate surface area is 156 Å². The summed E-state index contributed by atoms with van der Waals surface area (Å²) in [6.45, 7) is 2.93. The fraction of sp³-hybridized carbons (Fsp3) is 0.333. The number of benzene rings is 1. The fourth-order valence-electron chi connectivity index (χ4n) is 2.88. The van der Waals surface area contributed by atoms with Gasteiger partial charge >= 0.3 is 6.03 Å². The smallest absolute Gasteiger partial charge is 0.317 e. The Morgan fingerprint density at radius 1 is 1.19 bits per heavy atom. The molecule has 2 aromatic rings. The molecule has 2 amide bonds. The molecule has 9 heteroatoms. The SMILES string of the molecule is COc1ccc(CNC(=O)N2CCN(c3ccc([N+](=O)[O-])cc3)CC2)cn1. The van der Waals surface area contributed by atoms with Crippen LogP contribution in [-0.2, 0) is 6.54 Å². The lowest BCUT2D eigenvalue weighted by Gasteiger charge is -2.36. The number of rotatable bonds is 5. The molecule has 3 rings (SSSR count). The van der Waals surface area contributed by atoms with Crippen LogP contribution < -0.4 is 15.0 Å². The first-order chi connectivity index (χ1) is 13.1. The molecular formula is C18H21N5O4. The molecule has 0 atom stereocenters. The molecule has 1 fully saturated rings. The standard InChI is InChI=1S/C18H21N5O4/c1-27-17-7-2-14(12-19-17)13-20-18(24)22-10-8-21(9-11-22)15-3-5-16(6-4-15)23(25)26/h2-7,12H,8-11,13H2,1H3,(H,20,24). The molecule has 0 radical (unpaired) electrons. The van der Waals surface area contributed by atoms with Crippen LogP contribution in [0.5, 0.6) is 5.88 Å². The predicted molar refractivity (Wildman–Crippen MR) is 99.9 cm³/mol. The molecule has 1 N–H and O–H groups in total. The van der Waals surface area contributed by atoms with Crippen LogP contribution in [-0.4, -0.2) is 54.1 Å². The lowest BCUT2D eigenvalue weighted by molar-refractivity contribution is -0.384. The van der Waals surface area contributed by atoms with E-state index in [-0.39, 0.29) is 11.7 Å². The number of methoxy groups -OCH3 is 1. The highest BCUT2D eigenvalue weighted by Crippen LogP contribution is 2.20. The minimum atomic E-state index is -0.412. The van der Waals surface area contributed by atoms with Crippen LogP contribution in [0.25, 0.3) is 0 Å². The first-order valence-electron chi connectivity index (χ1n) is 8.58. The Kier molecular flexibility index (Phi) is 5.70. The number of hydrogen-bond acceptors (Lipinski definition) is 6. The van der Waals surface area contributed by atoms with Crippen LogP contribution >= 0.6 is 0 Å². The number of nitro groups is 1. The lowest BCUT2D eigenvalue weighted by Crippen LogP contribution is -2.51. The summed E-state index contributed by atoms with van der Waals surface area (Å²) >= 11 is 0. The minimum Gasteiger partial charge on any atom is -0.481 e. The van der Waals surface area contributed by atoms with Crippen LogP contribution in [0.2, 0.25) is 0 Å². The minimum absolute atomic E-state index is 0.0739. The van der Waals surface area contributed by atoms with Gasteiger partial charge in [0.2, 0.25) is 5.88 Å². The van der Waals surface area contributed by atoms with Gasteiger partial charge in [-0.05, 0) is 17.7 Å². The molecule has 1 aromatic carbocycles. The Hall–Kier alpha value is -3.36. The Bertz CT molecular complexity index is 786. The summed E-state index contributed by atoms with van der Waals surface area (Å²) in [5.41, 5.74) is 1.89. The third-order valence-electron chi connectivity index (χ3n) is 4.44. The second-order valence-corrected chi connectivity index (χ2v) is 6.12. The van der Waals surface area contributed by atoms with Crippen molar-refractivity contribution in [3.05, 3.63) is 58.3 Å². The third-order valence-corrected chi connectivity index (χ3v) is 4.44. The number of aromatic nitrogens is 1. The fourth-order valence-corrected chi connectivity index (χ4v) is 2.88. The maximum absolute atomic E-state index is 12.3.